The molecular weight excluding hydrogens is 284 g/mol. The monoisotopic (exact) mass is 300 g/mol. The molecule has 0 radical (unpaired) electrons. The molecule has 0 aromatic heterocycles. The van der Waals surface area contributed by atoms with Gasteiger partial charge in [0.25, 0.3) is 0 Å². The number of carbonyl (C=O) groups excluding carboxylic acids is 1. The van der Waals surface area contributed by atoms with Crippen LogP contribution in [0.5, 0.6) is 0 Å². The van der Waals surface area contributed by atoms with Crippen molar-refractivity contribution in [1.82, 2.24) is 0 Å². The summed E-state index contributed by atoms with van der Waals surface area (Å²) in [5.74, 6) is -0.00860. The molecule has 0 atom stereocenters. The van der Waals surface area contributed by atoms with Gasteiger partial charge in [-0.1, -0.05) is 48.5 Å². The summed E-state index contributed by atoms with van der Waals surface area (Å²) in [7, 11) is 0. The van der Waals surface area contributed by atoms with Gasteiger partial charge in [-0.2, -0.15) is 5.26 Å². The van der Waals surface area contributed by atoms with Gasteiger partial charge in [0.2, 0.25) is 5.91 Å². The lowest BCUT2D eigenvalue weighted by atomic mass is 10.1. The molecule has 1 N–H and O–H groups in total. The van der Waals surface area contributed by atoms with Crippen molar-refractivity contribution in [3.63, 3.8) is 0 Å². The van der Waals surface area contributed by atoms with E-state index in [1.54, 1.807) is 12.1 Å². The number of nitrogens with one attached hydrogen (secondary N) is 1. The predicted molar refractivity (Wildman–Crippen MR) is 92.1 cm³/mol. The van der Waals surface area contributed by atoms with E-state index >= 15 is 0 Å². The molecule has 3 heteroatoms. The maximum Gasteiger partial charge on any atom is 0.224 e. The summed E-state index contributed by atoms with van der Waals surface area (Å²) in [4.78, 5) is 12.2. The van der Waals surface area contributed by atoms with Crippen LogP contribution in [0, 0.1) is 11.3 Å². The number of hydrogen-bond acceptors (Lipinski definition) is 2. The fraction of sp³-hybridized carbons (Fsp3) is 0.100. The topological polar surface area (TPSA) is 52.9 Å². The lowest BCUT2D eigenvalue weighted by Gasteiger charge is -2.09. The van der Waals surface area contributed by atoms with Crippen LogP contribution in [0.15, 0.2) is 66.7 Å². The van der Waals surface area contributed by atoms with Gasteiger partial charge in [-0.15, -0.1) is 0 Å². The molecule has 0 aliphatic carbocycles. The highest BCUT2D eigenvalue weighted by atomic mass is 16.1. The van der Waals surface area contributed by atoms with Crippen molar-refractivity contribution >= 4 is 22.4 Å². The minimum Gasteiger partial charge on any atom is -0.326 e. The Hall–Kier alpha value is -3.12. The van der Waals surface area contributed by atoms with Gasteiger partial charge in [-0.25, -0.2) is 0 Å². The van der Waals surface area contributed by atoms with Crippen LogP contribution in [0.2, 0.25) is 0 Å². The van der Waals surface area contributed by atoms with E-state index in [0.29, 0.717) is 18.4 Å². The van der Waals surface area contributed by atoms with E-state index in [-0.39, 0.29) is 5.91 Å². The summed E-state index contributed by atoms with van der Waals surface area (Å²) in [6.07, 6.45) is 1.07. The summed E-state index contributed by atoms with van der Waals surface area (Å²) >= 11 is 0. The van der Waals surface area contributed by atoms with Gasteiger partial charge in [0, 0.05) is 17.5 Å². The Labute approximate surface area is 135 Å². The number of nitrogens with zero attached hydrogens (tertiary/aromatic N) is 1. The Kier molecular flexibility index (Phi) is 4.35. The van der Waals surface area contributed by atoms with Crippen molar-refractivity contribution in [1.29, 1.82) is 5.26 Å². The van der Waals surface area contributed by atoms with Crippen molar-refractivity contribution in [2.45, 2.75) is 12.8 Å². The zero-order valence-corrected chi connectivity index (χ0v) is 12.6. The fourth-order valence-electron chi connectivity index (χ4n) is 2.55. The quantitative estimate of drug-likeness (QED) is 0.781. The van der Waals surface area contributed by atoms with E-state index < -0.39 is 0 Å². The van der Waals surface area contributed by atoms with Crippen LogP contribution >= 0.6 is 0 Å². The number of nitriles is 1. The second kappa shape index (κ2) is 6.76. The van der Waals surface area contributed by atoms with Gasteiger partial charge in [-0.3, -0.25) is 4.79 Å². The Morgan fingerprint density at radius 1 is 0.957 bits per heavy atom. The van der Waals surface area contributed by atoms with E-state index in [1.807, 2.05) is 54.6 Å². The Morgan fingerprint density at radius 3 is 2.48 bits per heavy atom. The molecule has 0 unspecified atom stereocenters. The smallest absolute Gasteiger partial charge is 0.224 e. The molecule has 0 spiro atoms. The molecule has 3 aromatic carbocycles. The third-order valence-corrected chi connectivity index (χ3v) is 3.79. The molecule has 0 bridgehead atoms. The average Bonchev–Trinajstić information content (AvgIpc) is 2.61. The predicted octanol–water partition coefficient (Wildman–Crippen LogP) is 4.28. The van der Waals surface area contributed by atoms with Crippen LogP contribution in [-0.2, 0) is 11.2 Å². The van der Waals surface area contributed by atoms with Crippen molar-refractivity contribution in [2.24, 2.45) is 0 Å². The van der Waals surface area contributed by atoms with E-state index in [0.717, 1.165) is 22.0 Å². The van der Waals surface area contributed by atoms with Crippen molar-refractivity contribution in [3.8, 4) is 6.07 Å². The Balaban J connectivity index is 1.65. The number of anilines is 1. The number of benzene rings is 3. The van der Waals surface area contributed by atoms with Crippen molar-refractivity contribution < 1.29 is 4.79 Å². The van der Waals surface area contributed by atoms with Crippen LogP contribution in [0.1, 0.15) is 17.5 Å². The SMILES string of the molecule is N#Cc1ccc(CCC(=O)Nc2cccc3ccccc23)cc1. The highest BCUT2D eigenvalue weighted by molar-refractivity contribution is 6.02. The molecule has 0 fully saturated rings. The number of fused-ring (bicyclic) bond motifs is 1. The second-order valence-electron chi connectivity index (χ2n) is 5.38. The standard InChI is InChI=1S/C20H16N2O/c21-14-16-10-8-15(9-11-16)12-13-20(23)22-19-7-3-5-17-4-1-2-6-18(17)19/h1-11H,12-13H2,(H,22,23). The molecule has 3 rings (SSSR count). The van der Waals surface area contributed by atoms with Crippen LogP contribution < -0.4 is 5.32 Å². The van der Waals surface area contributed by atoms with E-state index in [1.165, 1.54) is 0 Å². The van der Waals surface area contributed by atoms with E-state index in [9.17, 15) is 4.79 Å². The van der Waals surface area contributed by atoms with Crippen molar-refractivity contribution in [3.05, 3.63) is 77.9 Å². The lowest BCUT2D eigenvalue weighted by molar-refractivity contribution is -0.116. The molecule has 0 saturated heterocycles. The summed E-state index contributed by atoms with van der Waals surface area (Å²) in [5, 5.41) is 13.9. The van der Waals surface area contributed by atoms with Gasteiger partial charge in [0.1, 0.15) is 0 Å². The molecule has 1 amide bonds. The van der Waals surface area contributed by atoms with Gasteiger partial charge >= 0.3 is 0 Å². The number of rotatable bonds is 4. The van der Waals surface area contributed by atoms with E-state index in [4.69, 9.17) is 5.26 Å². The third kappa shape index (κ3) is 3.56. The Bertz CT molecular complexity index is 871. The van der Waals surface area contributed by atoms with Crippen LogP contribution in [0.25, 0.3) is 10.8 Å². The maximum absolute atomic E-state index is 12.2. The Morgan fingerprint density at radius 2 is 1.70 bits per heavy atom. The first-order valence-electron chi connectivity index (χ1n) is 7.53. The highest BCUT2D eigenvalue weighted by Crippen LogP contribution is 2.23. The zero-order valence-electron chi connectivity index (χ0n) is 12.6. The first-order valence-corrected chi connectivity index (χ1v) is 7.53. The highest BCUT2D eigenvalue weighted by Gasteiger charge is 2.06. The molecule has 112 valence electrons. The minimum absolute atomic E-state index is 0.00860. The normalized spacial score (nSPS) is 10.2. The molecule has 0 saturated carbocycles. The van der Waals surface area contributed by atoms with Crippen LogP contribution in [-0.4, -0.2) is 5.91 Å². The first-order chi connectivity index (χ1) is 11.3. The lowest BCUT2D eigenvalue weighted by Crippen LogP contribution is -2.12. The summed E-state index contributed by atoms with van der Waals surface area (Å²) in [6.45, 7) is 0. The number of carbonyl (C=O) groups is 1. The van der Waals surface area contributed by atoms with Crippen LogP contribution in [0.4, 0.5) is 5.69 Å². The summed E-state index contributed by atoms with van der Waals surface area (Å²) < 4.78 is 0. The molecule has 0 heterocycles. The molecule has 3 nitrogen and oxygen atoms in total. The summed E-state index contributed by atoms with van der Waals surface area (Å²) in [6, 6.07) is 23.3. The molecule has 0 aliphatic heterocycles. The second-order valence-corrected chi connectivity index (χ2v) is 5.38. The average molecular weight is 300 g/mol. The molecule has 23 heavy (non-hydrogen) atoms. The van der Waals surface area contributed by atoms with Gasteiger partial charge in [0.05, 0.1) is 11.6 Å². The number of amides is 1. The van der Waals surface area contributed by atoms with E-state index in [2.05, 4.69) is 11.4 Å². The number of aryl methyl sites for hydroxylation is 1. The molecule has 3 aromatic rings. The fourth-order valence-corrected chi connectivity index (χ4v) is 2.55. The van der Waals surface area contributed by atoms with Gasteiger partial charge < -0.3 is 5.32 Å². The molecule has 0 aliphatic rings. The maximum atomic E-state index is 12.2. The van der Waals surface area contributed by atoms with Crippen molar-refractivity contribution in [2.75, 3.05) is 5.32 Å². The molecular formula is C20H16N2O. The third-order valence-electron chi connectivity index (χ3n) is 3.79. The van der Waals surface area contributed by atoms with Gasteiger partial charge in [-0.05, 0) is 35.6 Å². The summed E-state index contributed by atoms with van der Waals surface area (Å²) in [5.41, 5.74) is 2.53. The van der Waals surface area contributed by atoms with Gasteiger partial charge in [0.15, 0.2) is 0 Å². The first kappa shape index (κ1) is 14.8. The minimum atomic E-state index is -0.00860. The zero-order chi connectivity index (χ0) is 16.1. The largest absolute Gasteiger partial charge is 0.326 e. The number of hydrogen-bond donors (Lipinski definition) is 1. The van der Waals surface area contributed by atoms with Crippen LogP contribution in [0.3, 0.4) is 0 Å².